The number of phosphoric ester groups is 1. The van der Waals surface area contributed by atoms with Crippen LogP contribution in [0.5, 0.6) is 5.75 Å². The zero-order valence-corrected chi connectivity index (χ0v) is 60.4. The van der Waals surface area contributed by atoms with Gasteiger partial charge in [-0.15, -0.1) is 0 Å². The van der Waals surface area contributed by atoms with Gasteiger partial charge in [0.2, 0.25) is 0 Å². The lowest BCUT2D eigenvalue weighted by molar-refractivity contribution is -0.387. The van der Waals surface area contributed by atoms with Crippen molar-refractivity contribution in [1.82, 2.24) is 0 Å². The lowest BCUT2D eigenvalue weighted by Crippen LogP contribution is -2.16. The number of esters is 1. The van der Waals surface area contributed by atoms with Crippen molar-refractivity contribution in [3.05, 3.63) is 132 Å². The van der Waals surface area contributed by atoms with Crippen LogP contribution in [0, 0.1) is 34.1 Å². The lowest BCUT2D eigenvalue weighted by atomic mass is 9.89. The molecule has 2 N–H and O–H groups in total. The van der Waals surface area contributed by atoms with Crippen LogP contribution >= 0.6 is 7.82 Å². The van der Waals surface area contributed by atoms with Crippen molar-refractivity contribution in [2.24, 2.45) is 0 Å². The number of aromatic carboxylic acids is 1. The van der Waals surface area contributed by atoms with Crippen molar-refractivity contribution >= 4 is 31.1 Å². The standard InChI is InChI=1S/C30H50O5.C26H36N2O4.C22H39O4P/c1-3-5-15-19-25-21-22-27(28(29(32)33)26(25)20-16-6-4-2)30(34)35-24-18-14-12-10-8-7-9-11-13-17-23-31;1-4-5-6-7-8-9-10-11-12-13-15-22-16-14-17-23(26(22)28(31)32)24-19-18-20(2)21(3)25(24)27(29)30;1-3-5-7-9-11-16-20-24-27(23,26-22-18-14-13-15-19-22)25-21-17-12-10-8-6-4-2/h21-22,31H,3-20,23-24H2,1-2H3,(H,32,33);14,16-19H,4-13,15H2,1-3H3;13-15,18-19H,3-12,16-17,20-21H2,1-2H3. The monoisotopic (exact) mass is 1330 g/mol. The first-order valence-corrected chi connectivity index (χ1v) is 38.4. The largest absolute Gasteiger partial charge is 0.530 e. The van der Waals surface area contributed by atoms with E-state index in [4.69, 9.17) is 23.4 Å². The van der Waals surface area contributed by atoms with E-state index in [-0.39, 0.29) is 27.4 Å². The molecule has 0 radical (unpaired) electrons. The molecule has 0 unspecified atom stereocenters. The van der Waals surface area contributed by atoms with Gasteiger partial charge in [-0.1, -0.05) is 276 Å². The second kappa shape index (κ2) is 54.6. The minimum Gasteiger partial charge on any atom is -0.478 e. The maximum absolute atomic E-state index is 13.0. The number of aryl methyl sites for hydroxylation is 3. The molecule has 530 valence electrons. The minimum absolute atomic E-state index is 0.00484. The van der Waals surface area contributed by atoms with Crippen LogP contribution in [0.15, 0.2) is 72.8 Å². The van der Waals surface area contributed by atoms with Gasteiger partial charge in [-0.2, -0.15) is 0 Å². The van der Waals surface area contributed by atoms with Gasteiger partial charge in [0.05, 0.1) is 51.9 Å². The molecule has 0 amide bonds. The maximum Gasteiger partial charge on any atom is 0.530 e. The number of aliphatic hydroxyl groups is 1. The fourth-order valence-electron chi connectivity index (χ4n) is 11.7. The Morgan fingerprint density at radius 1 is 0.447 bits per heavy atom. The third-order valence-electron chi connectivity index (χ3n) is 17.4. The normalized spacial score (nSPS) is 11.2. The van der Waals surface area contributed by atoms with E-state index in [1.54, 1.807) is 55.5 Å². The number of benzene rings is 4. The van der Waals surface area contributed by atoms with Gasteiger partial charge in [0, 0.05) is 17.7 Å². The van der Waals surface area contributed by atoms with Gasteiger partial charge in [-0.25, -0.2) is 14.2 Å². The Hall–Kier alpha value is -5.47. The Morgan fingerprint density at radius 2 is 0.862 bits per heavy atom. The number of carbonyl (C=O) groups is 2. The predicted molar refractivity (Wildman–Crippen MR) is 387 cm³/mol. The Balaban J connectivity index is 0.000000484. The van der Waals surface area contributed by atoms with Crippen molar-refractivity contribution < 1.29 is 52.5 Å². The topological polar surface area (TPSA) is 215 Å². The average Bonchev–Trinajstić information content (AvgIpc) is 0.790. The number of para-hydroxylation sites is 2. The number of carboxylic acid groups (broad SMARTS) is 1. The Bertz CT molecular complexity index is 2680. The summed E-state index contributed by atoms with van der Waals surface area (Å²) in [5.74, 6) is -1.02. The van der Waals surface area contributed by atoms with Crippen LogP contribution in [0.4, 0.5) is 11.4 Å². The number of hydrogen-bond donors (Lipinski definition) is 2. The Labute approximate surface area is 568 Å². The van der Waals surface area contributed by atoms with Crippen LogP contribution in [-0.2, 0) is 37.6 Å². The molecule has 94 heavy (non-hydrogen) atoms. The number of unbranched alkanes of at least 4 members (excludes halogenated alkanes) is 32. The number of rotatable bonds is 54. The summed E-state index contributed by atoms with van der Waals surface area (Å²) in [6.45, 7) is 15.9. The molecule has 0 fully saturated rings. The Kier molecular flexibility index (Phi) is 49.2. The third-order valence-corrected chi connectivity index (χ3v) is 18.9. The fourth-order valence-corrected chi connectivity index (χ4v) is 13.0. The molecular formula is C78H125N2O13P. The van der Waals surface area contributed by atoms with Gasteiger partial charge in [0.25, 0.3) is 11.4 Å². The van der Waals surface area contributed by atoms with Crippen molar-refractivity contribution in [3.8, 4) is 16.9 Å². The summed E-state index contributed by atoms with van der Waals surface area (Å²) in [4.78, 5) is 47.9. The molecule has 0 saturated heterocycles. The van der Waals surface area contributed by atoms with E-state index in [2.05, 4.69) is 34.6 Å². The highest BCUT2D eigenvalue weighted by atomic mass is 31.2. The number of ether oxygens (including phenoxy) is 1. The van der Waals surface area contributed by atoms with Crippen molar-refractivity contribution in [3.63, 3.8) is 0 Å². The molecular weight excluding hydrogens is 1200 g/mol. The highest BCUT2D eigenvalue weighted by molar-refractivity contribution is 7.48. The van der Waals surface area contributed by atoms with Crippen molar-refractivity contribution in [2.45, 2.75) is 312 Å². The molecule has 0 bridgehead atoms. The molecule has 0 aliphatic carbocycles. The average molecular weight is 1330 g/mol. The van der Waals surface area contributed by atoms with Gasteiger partial charge in [0.15, 0.2) is 0 Å². The SMILES string of the molecule is CCCCCCCCCCCCc1cccc(-c2ccc(C)c(C)c2[N+](=O)[O-])c1[N+](=O)[O-].CCCCCCCCOP(=O)(OCCCCCCCC)Oc1ccccc1.CCCCCc1ccc(C(=O)OCCCCCCCCCCCCO)c(C(=O)O)c1CCCCC. The quantitative estimate of drug-likeness (QED) is 0.0138. The molecule has 0 saturated carbocycles. The van der Waals surface area contributed by atoms with Crippen LogP contribution in [0.2, 0.25) is 0 Å². The van der Waals surface area contributed by atoms with Gasteiger partial charge < -0.3 is 19.5 Å². The van der Waals surface area contributed by atoms with E-state index in [9.17, 15) is 39.5 Å². The molecule has 4 aromatic rings. The number of nitro benzene ring substituents is 2. The predicted octanol–water partition coefficient (Wildman–Crippen LogP) is 24.1. The number of carboxylic acids is 1. The number of nitrogens with zero attached hydrogens (tertiary/aromatic N) is 2. The number of carbonyl (C=O) groups excluding carboxylic acids is 1. The maximum atomic E-state index is 13.0. The second-order valence-corrected chi connectivity index (χ2v) is 27.1. The van der Waals surface area contributed by atoms with E-state index < -0.39 is 24.7 Å². The van der Waals surface area contributed by atoms with Gasteiger partial charge in [0.1, 0.15) is 5.75 Å². The highest BCUT2D eigenvalue weighted by Crippen LogP contribution is 2.50. The highest BCUT2D eigenvalue weighted by Gasteiger charge is 2.30. The molecule has 0 aliphatic rings. The molecule has 0 aromatic heterocycles. The zero-order valence-electron chi connectivity index (χ0n) is 59.5. The molecule has 4 aromatic carbocycles. The molecule has 16 heteroatoms. The van der Waals surface area contributed by atoms with E-state index in [0.717, 1.165) is 139 Å². The fraction of sp³-hybridized carbons (Fsp3) is 0.667. The molecule has 15 nitrogen and oxygen atoms in total. The zero-order chi connectivity index (χ0) is 68.9. The van der Waals surface area contributed by atoms with Crippen LogP contribution in [0.3, 0.4) is 0 Å². The minimum atomic E-state index is -3.56. The number of phosphoric acid groups is 1. The summed E-state index contributed by atoms with van der Waals surface area (Å²) < 4.78 is 35.3. The van der Waals surface area contributed by atoms with Gasteiger partial charge in [-0.3, -0.25) is 29.3 Å². The summed E-state index contributed by atoms with van der Waals surface area (Å²) in [6.07, 6.45) is 45.5. The first kappa shape index (κ1) is 84.6. The van der Waals surface area contributed by atoms with Crippen LogP contribution in [-0.4, -0.2) is 58.4 Å². The van der Waals surface area contributed by atoms with E-state index >= 15 is 0 Å². The Morgan fingerprint density at radius 3 is 1.34 bits per heavy atom. The molecule has 0 spiro atoms. The van der Waals surface area contributed by atoms with E-state index in [0.29, 0.717) is 67.3 Å². The first-order chi connectivity index (χ1) is 45.6. The van der Waals surface area contributed by atoms with E-state index in [1.165, 1.54) is 128 Å². The summed E-state index contributed by atoms with van der Waals surface area (Å²) in [5, 5.41) is 42.5. The first-order valence-electron chi connectivity index (χ1n) is 37.0. The third kappa shape index (κ3) is 36.6. The molecule has 4 rings (SSSR count). The molecule has 0 aliphatic heterocycles. The van der Waals surface area contributed by atoms with Crippen LogP contribution in [0.25, 0.3) is 11.1 Å². The number of aliphatic hydroxyl groups excluding tert-OH is 1. The number of hydrogen-bond acceptors (Lipinski definition) is 12. The summed E-state index contributed by atoms with van der Waals surface area (Å²) >= 11 is 0. The molecule has 0 heterocycles. The summed E-state index contributed by atoms with van der Waals surface area (Å²) in [7, 11) is -3.56. The van der Waals surface area contributed by atoms with Crippen LogP contribution < -0.4 is 4.52 Å². The smallest absolute Gasteiger partial charge is 0.478 e. The summed E-state index contributed by atoms with van der Waals surface area (Å²) in [6, 6.07) is 21.3. The van der Waals surface area contributed by atoms with Gasteiger partial charge >= 0.3 is 19.8 Å². The lowest BCUT2D eigenvalue weighted by Gasteiger charge is -2.18. The van der Waals surface area contributed by atoms with Crippen molar-refractivity contribution in [1.29, 1.82) is 0 Å². The van der Waals surface area contributed by atoms with Crippen LogP contribution in [0.1, 0.15) is 327 Å². The van der Waals surface area contributed by atoms with Crippen molar-refractivity contribution in [2.75, 3.05) is 26.4 Å². The second-order valence-electron chi connectivity index (χ2n) is 25.5. The molecule has 0 atom stereocenters. The summed E-state index contributed by atoms with van der Waals surface area (Å²) in [5.41, 5.74) is 4.82. The van der Waals surface area contributed by atoms with E-state index in [1.807, 2.05) is 31.2 Å². The number of nitro groups is 2. The van der Waals surface area contributed by atoms with Gasteiger partial charge in [-0.05, 0) is 125 Å².